The van der Waals surface area contributed by atoms with Gasteiger partial charge >= 0.3 is 0 Å². The van der Waals surface area contributed by atoms with Crippen molar-refractivity contribution in [1.29, 1.82) is 0 Å². The van der Waals surface area contributed by atoms with E-state index in [1.165, 1.54) is 0 Å². The van der Waals surface area contributed by atoms with Gasteiger partial charge in [-0.3, -0.25) is 4.99 Å². The molecule has 0 radical (unpaired) electrons. The molecular formula is C16H12Cl2N2O2. The minimum Gasteiger partial charge on any atom is -0.494 e. The van der Waals surface area contributed by atoms with Gasteiger partial charge < -0.3 is 14.8 Å². The van der Waals surface area contributed by atoms with Gasteiger partial charge in [-0.1, -0.05) is 29.3 Å². The molecule has 3 rings (SSSR count). The average molecular weight is 335 g/mol. The van der Waals surface area contributed by atoms with E-state index in [0.717, 1.165) is 10.9 Å². The predicted octanol–water partition coefficient (Wildman–Crippen LogP) is 4.94. The van der Waals surface area contributed by atoms with E-state index >= 15 is 0 Å². The van der Waals surface area contributed by atoms with Crippen LogP contribution in [0.1, 0.15) is 5.56 Å². The van der Waals surface area contributed by atoms with Gasteiger partial charge in [-0.05, 0) is 30.3 Å². The summed E-state index contributed by atoms with van der Waals surface area (Å²) >= 11 is 11.9. The van der Waals surface area contributed by atoms with Crippen molar-refractivity contribution in [3.63, 3.8) is 0 Å². The highest BCUT2D eigenvalue weighted by Gasteiger charge is 2.10. The number of halogens is 2. The van der Waals surface area contributed by atoms with E-state index in [9.17, 15) is 5.11 Å². The van der Waals surface area contributed by atoms with Crippen LogP contribution in [-0.4, -0.2) is 23.4 Å². The Hall–Kier alpha value is -2.17. The third-order valence-corrected chi connectivity index (χ3v) is 3.72. The average Bonchev–Trinajstić information content (AvgIpc) is 2.79. The van der Waals surface area contributed by atoms with E-state index in [2.05, 4.69) is 9.98 Å². The maximum Gasteiger partial charge on any atom is 0.198 e. The standard InChI is InChI=1S/C16H12Cl2N2O2/c1-22-15-5-3-10(18)7-14(15)19-8-12-11-4-2-9(17)6-13(11)20-16(12)21/h2-8,20-21H,1H3. The van der Waals surface area contributed by atoms with E-state index in [1.54, 1.807) is 43.7 Å². The molecule has 0 aliphatic carbocycles. The van der Waals surface area contributed by atoms with E-state index in [-0.39, 0.29) is 5.88 Å². The number of aromatic nitrogens is 1. The van der Waals surface area contributed by atoms with Gasteiger partial charge in [-0.2, -0.15) is 0 Å². The second-order valence-electron chi connectivity index (χ2n) is 4.65. The van der Waals surface area contributed by atoms with Gasteiger partial charge in [-0.25, -0.2) is 0 Å². The first kappa shape index (κ1) is 14.8. The molecule has 0 saturated carbocycles. The van der Waals surface area contributed by atoms with Crippen molar-refractivity contribution in [3.05, 3.63) is 52.0 Å². The van der Waals surface area contributed by atoms with Crippen LogP contribution in [0.4, 0.5) is 5.69 Å². The zero-order valence-electron chi connectivity index (χ0n) is 11.6. The fourth-order valence-corrected chi connectivity index (χ4v) is 2.54. The summed E-state index contributed by atoms with van der Waals surface area (Å²) in [5.74, 6) is 0.630. The van der Waals surface area contributed by atoms with Gasteiger partial charge in [0.1, 0.15) is 11.4 Å². The van der Waals surface area contributed by atoms with Crippen LogP contribution in [0.2, 0.25) is 10.0 Å². The SMILES string of the molecule is COc1ccc(Cl)cc1N=Cc1c(O)[nH]c2cc(Cl)ccc12. The number of aromatic amines is 1. The smallest absolute Gasteiger partial charge is 0.198 e. The fourth-order valence-electron chi connectivity index (χ4n) is 2.21. The van der Waals surface area contributed by atoms with Crippen molar-refractivity contribution in [2.45, 2.75) is 0 Å². The number of nitrogens with zero attached hydrogens (tertiary/aromatic N) is 1. The van der Waals surface area contributed by atoms with E-state index in [1.807, 2.05) is 6.07 Å². The van der Waals surface area contributed by atoms with Crippen LogP contribution in [-0.2, 0) is 0 Å². The van der Waals surface area contributed by atoms with Crippen molar-refractivity contribution in [1.82, 2.24) is 4.98 Å². The molecular weight excluding hydrogens is 323 g/mol. The minimum absolute atomic E-state index is 0.0296. The van der Waals surface area contributed by atoms with Crippen LogP contribution in [0.25, 0.3) is 10.9 Å². The Bertz CT molecular complexity index is 872. The number of methoxy groups -OCH3 is 1. The monoisotopic (exact) mass is 334 g/mol. The maximum atomic E-state index is 10.0. The van der Waals surface area contributed by atoms with Crippen LogP contribution >= 0.6 is 23.2 Å². The molecule has 0 aliphatic rings. The molecule has 0 atom stereocenters. The van der Waals surface area contributed by atoms with E-state index < -0.39 is 0 Å². The Morgan fingerprint density at radius 1 is 1.14 bits per heavy atom. The summed E-state index contributed by atoms with van der Waals surface area (Å²) in [6, 6.07) is 10.5. The number of hydrogen-bond acceptors (Lipinski definition) is 3. The molecule has 0 unspecified atom stereocenters. The zero-order chi connectivity index (χ0) is 15.7. The number of aromatic hydroxyl groups is 1. The molecule has 3 aromatic rings. The second-order valence-corrected chi connectivity index (χ2v) is 5.52. The van der Waals surface area contributed by atoms with Gasteiger partial charge in [0.2, 0.25) is 0 Å². The highest BCUT2D eigenvalue weighted by atomic mass is 35.5. The molecule has 0 saturated heterocycles. The zero-order valence-corrected chi connectivity index (χ0v) is 13.1. The quantitative estimate of drug-likeness (QED) is 0.666. The van der Waals surface area contributed by atoms with Crippen LogP contribution in [0.5, 0.6) is 11.6 Å². The lowest BCUT2D eigenvalue weighted by atomic mass is 10.2. The van der Waals surface area contributed by atoms with Gasteiger partial charge in [0.05, 0.1) is 18.2 Å². The second kappa shape index (κ2) is 5.91. The Labute approximate surface area is 137 Å². The molecule has 1 heterocycles. The van der Waals surface area contributed by atoms with E-state index in [4.69, 9.17) is 27.9 Å². The first-order valence-corrected chi connectivity index (χ1v) is 7.22. The number of fused-ring (bicyclic) bond motifs is 1. The molecule has 1 aromatic heterocycles. The van der Waals surface area contributed by atoms with Gasteiger partial charge in [0.25, 0.3) is 0 Å². The molecule has 6 heteroatoms. The Balaban J connectivity index is 2.06. The van der Waals surface area contributed by atoms with Crippen molar-refractivity contribution in [2.75, 3.05) is 7.11 Å². The fraction of sp³-hybridized carbons (Fsp3) is 0.0625. The molecule has 0 aliphatic heterocycles. The Morgan fingerprint density at radius 2 is 1.86 bits per heavy atom. The summed E-state index contributed by atoms with van der Waals surface area (Å²) in [6.07, 6.45) is 1.57. The van der Waals surface area contributed by atoms with Gasteiger partial charge in [-0.15, -0.1) is 0 Å². The van der Waals surface area contributed by atoms with Crippen molar-refractivity contribution in [2.24, 2.45) is 4.99 Å². The normalized spacial score (nSPS) is 11.4. The number of aliphatic imine (C=N–C) groups is 1. The molecule has 22 heavy (non-hydrogen) atoms. The topological polar surface area (TPSA) is 57.6 Å². The maximum absolute atomic E-state index is 10.0. The lowest BCUT2D eigenvalue weighted by Crippen LogP contribution is -1.84. The number of H-pyrrole nitrogens is 1. The first-order chi connectivity index (χ1) is 10.6. The van der Waals surface area contributed by atoms with Crippen molar-refractivity contribution >= 4 is 46.0 Å². The van der Waals surface area contributed by atoms with Gasteiger partial charge in [0, 0.05) is 21.6 Å². The molecule has 2 N–H and O–H groups in total. The molecule has 4 nitrogen and oxygen atoms in total. The lowest BCUT2D eigenvalue weighted by molar-refractivity contribution is 0.416. The molecule has 0 bridgehead atoms. The summed E-state index contributed by atoms with van der Waals surface area (Å²) in [5, 5.41) is 12.0. The summed E-state index contributed by atoms with van der Waals surface area (Å²) < 4.78 is 5.24. The minimum atomic E-state index is 0.0296. The van der Waals surface area contributed by atoms with Crippen LogP contribution < -0.4 is 4.74 Å². The third-order valence-electron chi connectivity index (χ3n) is 3.25. The largest absolute Gasteiger partial charge is 0.494 e. The lowest BCUT2D eigenvalue weighted by Gasteiger charge is -2.04. The summed E-state index contributed by atoms with van der Waals surface area (Å²) in [7, 11) is 1.56. The molecule has 0 spiro atoms. The molecule has 0 amide bonds. The summed E-state index contributed by atoms with van der Waals surface area (Å²) in [6.45, 7) is 0. The van der Waals surface area contributed by atoms with Crippen LogP contribution in [0, 0.1) is 0 Å². The van der Waals surface area contributed by atoms with E-state index in [0.29, 0.717) is 27.0 Å². The van der Waals surface area contributed by atoms with Crippen LogP contribution in [0.15, 0.2) is 41.4 Å². The van der Waals surface area contributed by atoms with Crippen molar-refractivity contribution < 1.29 is 9.84 Å². The van der Waals surface area contributed by atoms with Gasteiger partial charge in [0.15, 0.2) is 5.88 Å². The Morgan fingerprint density at radius 3 is 2.64 bits per heavy atom. The number of nitrogens with one attached hydrogen (secondary N) is 1. The summed E-state index contributed by atoms with van der Waals surface area (Å²) in [5.41, 5.74) is 1.90. The highest BCUT2D eigenvalue weighted by molar-refractivity contribution is 6.31. The van der Waals surface area contributed by atoms with Crippen LogP contribution in [0.3, 0.4) is 0 Å². The third kappa shape index (κ3) is 2.75. The summed E-state index contributed by atoms with van der Waals surface area (Å²) in [4.78, 5) is 7.23. The number of benzene rings is 2. The molecule has 2 aromatic carbocycles. The Kier molecular flexibility index (Phi) is 3.96. The van der Waals surface area contributed by atoms with Crippen molar-refractivity contribution in [3.8, 4) is 11.6 Å². The first-order valence-electron chi connectivity index (χ1n) is 6.46. The number of hydrogen-bond donors (Lipinski definition) is 2. The number of rotatable bonds is 3. The highest BCUT2D eigenvalue weighted by Crippen LogP contribution is 2.32. The molecule has 112 valence electrons. The number of ether oxygens (including phenoxy) is 1. The predicted molar refractivity (Wildman–Crippen MR) is 90.2 cm³/mol. The molecule has 0 fully saturated rings.